The van der Waals surface area contributed by atoms with Gasteiger partial charge in [0.05, 0.1) is 13.2 Å². The number of aliphatic hydroxyl groups is 1. The second-order valence-electron chi connectivity index (χ2n) is 4.03. The molecule has 0 saturated carbocycles. The molecular formula is C13H17F3O3. The molecule has 0 aliphatic carbocycles. The highest BCUT2D eigenvalue weighted by Gasteiger charge is 2.28. The summed E-state index contributed by atoms with van der Waals surface area (Å²) in [6.45, 7) is 0.618. The van der Waals surface area contributed by atoms with Gasteiger partial charge in [-0.2, -0.15) is 13.2 Å². The fraction of sp³-hybridized carbons (Fsp3) is 0.538. The maximum Gasteiger partial charge on any atom is 0.411 e. The van der Waals surface area contributed by atoms with E-state index >= 15 is 0 Å². The van der Waals surface area contributed by atoms with Crippen LogP contribution in [-0.4, -0.2) is 31.1 Å². The molecule has 0 amide bonds. The molecule has 1 atom stereocenters. The zero-order valence-electron chi connectivity index (χ0n) is 10.6. The van der Waals surface area contributed by atoms with Crippen LogP contribution in [0.1, 0.15) is 25.0 Å². The number of hydrogen-bond donors (Lipinski definition) is 1. The summed E-state index contributed by atoms with van der Waals surface area (Å²) >= 11 is 0. The first kappa shape index (κ1) is 15.8. The Labute approximate surface area is 110 Å². The van der Waals surface area contributed by atoms with Crippen molar-refractivity contribution in [3.8, 4) is 5.75 Å². The second-order valence-corrected chi connectivity index (χ2v) is 4.03. The molecule has 1 aromatic carbocycles. The van der Waals surface area contributed by atoms with E-state index in [0.717, 1.165) is 6.42 Å². The minimum Gasteiger partial charge on any atom is -0.493 e. The number of aliphatic hydroxyl groups excluding tert-OH is 1. The van der Waals surface area contributed by atoms with E-state index in [0.29, 0.717) is 17.9 Å². The third kappa shape index (κ3) is 5.94. The van der Waals surface area contributed by atoms with Gasteiger partial charge in [0, 0.05) is 5.56 Å². The summed E-state index contributed by atoms with van der Waals surface area (Å²) in [4.78, 5) is 0. The Bertz CT molecular complexity index is 380. The fourth-order valence-corrected chi connectivity index (χ4v) is 1.48. The van der Waals surface area contributed by atoms with Crippen molar-refractivity contribution in [2.75, 3.05) is 19.8 Å². The summed E-state index contributed by atoms with van der Waals surface area (Å²) < 4.78 is 45.6. The predicted octanol–water partition coefficient (Wildman–Crippen LogP) is 3.09. The molecule has 0 fully saturated rings. The molecular weight excluding hydrogens is 261 g/mol. The second kappa shape index (κ2) is 7.35. The Morgan fingerprint density at radius 3 is 2.58 bits per heavy atom. The van der Waals surface area contributed by atoms with Crippen molar-refractivity contribution in [3.05, 3.63) is 29.8 Å². The Balaban J connectivity index is 2.58. The topological polar surface area (TPSA) is 38.7 Å². The van der Waals surface area contributed by atoms with Crippen LogP contribution in [0.3, 0.4) is 0 Å². The highest BCUT2D eigenvalue weighted by atomic mass is 19.4. The Morgan fingerprint density at radius 1 is 1.26 bits per heavy atom. The van der Waals surface area contributed by atoms with E-state index in [9.17, 15) is 18.3 Å². The highest BCUT2D eigenvalue weighted by molar-refractivity contribution is 5.35. The van der Waals surface area contributed by atoms with Crippen LogP contribution in [0.5, 0.6) is 5.75 Å². The molecule has 0 heterocycles. The molecule has 0 bridgehead atoms. The van der Waals surface area contributed by atoms with Crippen LogP contribution in [0.2, 0.25) is 0 Å². The van der Waals surface area contributed by atoms with Crippen LogP contribution >= 0.6 is 0 Å². The van der Waals surface area contributed by atoms with Gasteiger partial charge in [-0.25, -0.2) is 0 Å². The van der Waals surface area contributed by atoms with Gasteiger partial charge in [-0.15, -0.1) is 0 Å². The number of alkyl halides is 3. The molecule has 0 saturated heterocycles. The molecule has 1 N–H and O–H groups in total. The Morgan fingerprint density at radius 2 is 1.95 bits per heavy atom. The monoisotopic (exact) mass is 278 g/mol. The standard InChI is InChI=1S/C13H17F3O3/c1-2-7-19-12-6-4-3-5-10(12)11(17)8-18-9-13(14,15)16/h3-6,11,17H,2,7-9H2,1H3. The molecule has 0 aromatic heterocycles. The lowest BCUT2D eigenvalue weighted by molar-refractivity contribution is -0.179. The average molecular weight is 278 g/mol. The van der Waals surface area contributed by atoms with Crippen molar-refractivity contribution < 1.29 is 27.8 Å². The summed E-state index contributed by atoms with van der Waals surface area (Å²) in [5.74, 6) is 0.465. The largest absolute Gasteiger partial charge is 0.493 e. The maximum atomic E-state index is 11.9. The minimum atomic E-state index is -4.39. The molecule has 0 radical (unpaired) electrons. The number of para-hydroxylation sites is 1. The van der Waals surface area contributed by atoms with E-state index < -0.39 is 25.5 Å². The molecule has 1 aromatic rings. The van der Waals surface area contributed by atoms with Gasteiger partial charge in [0.15, 0.2) is 0 Å². The predicted molar refractivity (Wildman–Crippen MR) is 64.1 cm³/mol. The van der Waals surface area contributed by atoms with E-state index in [1.807, 2.05) is 6.92 Å². The zero-order valence-corrected chi connectivity index (χ0v) is 10.6. The number of benzene rings is 1. The average Bonchev–Trinajstić information content (AvgIpc) is 2.35. The first-order valence-corrected chi connectivity index (χ1v) is 5.98. The molecule has 3 nitrogen and oxygen atoms in total. The lowest BCUT2D eigenvalue weighted by Crippen LogP contribution is -2.20. The maximum absolute atomic E-state index is 11.9. The quantitative estimate of drug-likeness (QED) is 0.833. The van der Waals surface area contributed by atoms with Crippen molar-refractivity contribution in [3.63, 3.8) is 0 Å². The van der Waals surface area contributed by atoms with Gasteiger partial charge < -0.3 is 14.6 Å². The molecule has 108 valence electrons. The Kier molecular flexibility index (Phi) is 6.11. The first-order chi connectivity index (χ1) is 8.94. The zero-order chi connectivity index (χ0) is 14.3. The van der Waals surface area contributed by atoms with Crippen LogP contribution in [0.4, 0.5) is 13.2 Å². The Hall–Kier alpha value is -1.27. The van der Waals surface area contributed by atoms with Gasteiger partial charge in [-0.05, 0) is 12.5 Å². The molecule has 0 aliphatic rings. The highest BCUT2D eigenvalue weighted by Crippen LogP contribution is 2.26. The van der Waals surface area contributed by atoms with Gasteiger partial charge in [0.1, 0.15) is 18.5 Å². The SMILES string of the molecule is CCCOc1ccccc1C(O)COCC(F)(F)F. The van der Waals surface area contributed by atoms with Crippen molar-refractivity contribution in [2.45, 2.75) is 25.6 Å². The van der Waals surface area contributed by atoms with Crippen LogP contribution in [0.25, 0.3) is 0 Å². The molecule has 6 heteroatoms. The summed E-state index contributed by atoms with van der Waals surface area (Å²) in [7, 11) is 0. The van der Waals surface area contributed by atoms with E-state index in [4.69, 9.17) is 4.74 Å². The first-order valence-electron chi connectivity index (χ1n) is 5.98. The minimum absolute atomic E-state index is 0.425. The normalized spacial score (nSPS) is 13.3. The number of ether oxygens (including phenoxy) is 2. The lowest BCUT2D eigenvalue weighted by atomic mass is 10.1. The van der Waals surface area contributed by atoms with Gasteiger partial charge in [-0.3, -0.25) is 0 Å². The summed E-state index contributed by atoms with van der Waals surface area (Å²) in [5.41, 5.74) is 0.429. The number of hydrogen-bond acceptors (Lipinski definition) is 3. The summed E-state index contributed by atoms with van der Waals surface area (Å²) in [5, 5.41) is 9.83. The van der Waals surface area contributed by atoms with Crippen LogP contribution < -0.4 is 4.74 Å². The van der Waals surface area contributed by atoms with E-state index in [2.05, 4.69) is 4.74 Å². The third-order valence-electron chi connectivity index (χ3n) is 2.28. The summed E-state index contributed by atoms with van der Waals surface area (Å²) in [6.07, 6.45) is -4.73. The van der Waals surface area contributed by atoms with Crippen molar-refractivity contribution >= 4 is 0 Å². The van der Waals surface area contributed by atoms with Crippen molar-refractivity contribution in [2.24, 2.45) is 0 Å². The van der Waals surface area contributed by atoms with Gasteiger partial charge in [-0.1, -0.05) is 25.1 Å². The van der Waals surface area contributed by atoms with E-state index in [1.54, 1.807) is 24.3 Å². The fourth-order valence-electron chi connectivity index (χ4n) is 1.48. The molecule has 1 unspecified atom stereocenters. The smallest absolute Gasteiger partial charge is 0.411 e. The van der Waals surface area contributed by atoms with E-state index in [-0.39, 0.29) is 0 Å². The molecule has 0 aliphatic heterocycles. The van der Waals surface area contributed by atoms with Crippen LogP contribution in [0, 0.1) is 0 Å². The van der Waals surface area contributed by atoms with Crippen LogP contribution in [-0.2, 0) is 4.74 Å². The third-order valence-corrected chi connectivity index (χ3v) is 2.28. The summed E-state index contributed by atoms with van der Waals surface area (Å²) in [6, 6.07) is 6.68. The molecule has 1 rings (SSSR count). The van der Waals surface area contributed by atoms with Crippen molar-refractivity contribution in [1.29, 1.82) is 0 Å². The molecule has 0 spiro atoms. The van der Waals surface area contributed by atoms with Gasteiger partial charge in [0.2, 0.25) is 0 Å². The van der Waals surface area contributed by atoms with Gasteiger partial charge >= 0.3 is 6.18 Å². The lowest BCUT2D eigenvalue weighted by Gasteiger charge is -2.16. The van der Waals surface area contributed by atoms with E-state index in [1.165, 1.54) is 0 Å². The number of rotatable bonds is 7. The molecule has 19 heavy (non-hydrogen) atoms. The van der Waals surface area contributed by atoms with Gasteiger partial charge in [0.25, 0.3) is 0 Å². The van der Waals surface area contributed by atoms with Crippen LogP contribution in [0.15, 0.2) is 24.3 Å². The van der Waals surface area contributed by atoms with Crippen molar-refractivity contribution in [1.82, 2.24) is 0 Å². The number of halogens is 3.